The van der Waals surface area contributed by atoms with Gasteiger partial charge < -0.3 is 0 Å². The summed E-state index contributed by atoms with van der Waals surface area (Å²) >= 11 is 0. The number of carbonyl (C=O) groups is 1. The number of carbonyl (C=O) groups excluding carboxylic acids is 1. The molecule has 258 valence electrons. The fraction of sp³-hybridized carbons (Fsp3) is 0.0278. The molecular weight excluding hydrogens is 1020 g/mol. The van der Waals surface area contributed by atoms with Gasteiger partial charge in [0.25, 0.3) is 0 Å². The summed E-state index contributed by atoms with van der Waals surface area (Å²) in [6.07, 6.45) is 0. The van der Waals surface area contributed by atoms with Gasteiger partial charge >= 0.3 is 114 Å². The van der Waals surface area contributed by atoms with Crippen molar-refractivity contribution in [1.29, 1.82) is 0 Å². The average Bonchev–Trinajstić information content (AvgIpc) is 3.05. The van der Waals surface area contributed by atoms with Gasteiger partial charge in [-0.3, -0.25) is 8.78 Å². The number of halogens is 5. The van der Waals surface area contributed by atoms with Gasteiger partial charge in [-0.15, -0.1) is 6.07 Å². The van der Waals surface area contributed by atoms with Gasteiger partial charge in [-0.25, -0.2) is 13.2 Å². The van der Waals surface area contributed by atoms with E-state index in [0.29, 0.717) is 0 Å². The molecule has 2 nitrogen and oxygen atoms in total. The van der Waals surface area contributed by atoms with E-state index in [0.717, 1.165) is 16.7 Å². The SMILES string of the molecule is Fc1[c-]c(F)c(F)c(F)c1F.[Au].[Au].[CH2-]P([CH2-])(OC(C)=O)(c1ccccc1)c1ccccc1.[CH2-][P+]([CH2-])(c1ccccc1)c1ccccc1. The first-order valence-corrected chi connectivity index (χ1v) is 18.0. The Morgan fingerprint density at radius 2 is 0.894 bits per heavy atom. The first-order chi connectivity index (χ1) is 21.2. The second-order valence-electron chi connectivity index (χ2n) is 10.00. The fourth-order valence-corrected chi connectivity index (χ4v) is 8.83. The Morgan fingerprint density at radius 3 is 1.19 bits per heavy atom. The van der Waals surface area contributed by atoms with Crippen LogP contribution in [0.4, 0.5) is 22.0 Å². The third kappa shape index (κ3) is 10.8. The molecule has 0 unspecified atom stereocenters. The van der Waals surface area contributed by atoms with E-state index in [-0.39, 0.29) is 50.7 Å². The van der Waals surface area contributed by atoms with E-state index in [1.54, 1.807) is 0 Å². The third-order valence-corrected chi connectivity index (χ3v) is 12.8. The van der Waals surface area contributed by atoms with Gasteiger partial charge in [-0.05, 0) is 24.3 Å². The topological polar surface area (TPSA) is 26.3 Å². The Bertz CT molecular complexity index is 1600. The van der Waals surface area contributed by atoms with Crippen LogP contribution in [-0.4, -0.2) is 5.97 Å². The Morgan fingerprint density at radius 1 is 0.596 bits per heavy atom. The summed E-state index contributed by atoms with van der Waals surface area (Å²) in [5.41, 5.74) is 0. The first kappa shape index (κ1) is 42.6. The van der Waals surface area contributed by atoms with E-state index in [4.69, 9.17) is 4.52 Å². The maximum Gasteiger partial charge on any atom is 0.0408 e. The molecule has 0 spiro atoms. The van der Waals surface area contributed by atoms with E-state index in [9.17, 15) is 26.7 Å². The van der Waals surface area contributed by atoms with E-state index in [1.165, 1.54) is 17.5 Å². The molecule has 0 aromatic heterocycles. The Hall–Kier alpha value is -2.44. The molecule has 0 saturated carbocycles. The normalized spacial score (nSPS) is 11.4. The number of rotatable bonds is 5. The molecule has 0 fully saturated rings. The molecule has 2 radical (unpaired) electrons. The Kier molecular flexibility index (Phi) is 16.6. The Labute approximate surface area is 305 Å². The smallest absolute Gasteiger partial charge is 0.0408 e. The minimum Gasteiger partial charge on any atom is -0.199 e. The predicted octanol–water partition coefficient (Wildman–Crippen LogP) is 8.67. The molecule has 5 rings (SSSR count). The van der Waals surface area contributed by atoms with Crippen LogP contribution in [0.5, 0.6) is 0 Å². The van der Waals surface area contributed by atoms with Crippen LogP contribution in [0, 0.1) is 61.8 Å². The van der Waals surface area contributed by atoms with Gasteiger partial charge in [0.15, 0.2) is 0 Å². The molecular formula is C36H31Au2F5O2P2-4. The molecule has 0 aliphatic heterocycles. The van der Waals surface area contributed by atoms with Crippen molar-refractivity contribution < 1.29 is 76.0 Å². The summed E-state index contributed by atoms with van der Waals surface area (Å²) in [6, 6.07) is 40.8. The third-order valence-electron chi connectivity index (χ3n) is 6.55. The summed E-state index contributed by atoms with van der Waals surface area (Å²) in [4.78, 5) is 11.5. The zero-order valence-corrected chi connectivity index (χ0v) is 31.2. The molecule has 0 saturated heterocycles. The molecule has 5 aromatic carbocycles. The van der Waals surface area contributed by atoms with Crippen molar-refractivity contribution in [2.75, 3.05) is 0 Å². The summed E-state index contributed by atoms with van der Waals surface area (Å²) in [5.74, 6) is -10.4. The molecule has 0 bridgehead atoms. The molecule has 47 heavy (non-hydrogen) atoms. The predicted molar refractivity (Wildman–Crippen MR) is 176 cm³/mol. The van der Waals surface area contributed by atoms with Crippen LogP contribution in [0.3, 0.4) is 0 Å². The zero-order chi connectivity index (χ0) is 33.3. The van der Waals surface area contributed by atoms with E-state index >= 15 is 0 Å². The number of benzene rings is 5. The van der Waals surface area contributed by atoms with Gasteiger partial charge in [0, 0.05) is 55.4 Å². The molecule has 5 aromatic rings. The van der Waals surface area contributed by atoms with Crippen molar-refractivity contribution in [3.05, 3.63) is 183 Å². The first-order valence-electron chi connectivity index (χ1n) is 13.3. The second-order valence-corrected chi connectivity index (χ2v) is 17.0. The van der Waals surface area contributed by atoms with Crippen molar-refractivity contribution in [2.45, 2.75) is 6.92 Å². The maximum atomic E-state index is 12.0. The van der Waals surface area contributed by atoms with Crippen LogP contribution in [0.2, 0.25) is 0 Å². The standard InChI is InChI=1S/C16H17O2P.C14H14P.C6F5.2Au/c1-14(17)18-19(2,3,15-10-6-4-7-11-15)16-12-8-5-9-13-16;1-15(2,13-9-5-3-6-10-13)14-11-7-4-8-12-14;7-2-1-3(8)5(10)6(11)4(2)9;;/h4-13H,2-3H2,1H3;3-12H,1-2H2;;;/q-2;2*-1;;. The van der Waals surface area contributed by atoms with Gasteiger partial charge in [0.05, 0.1) is 29.1 Å². The van der Waals surface area contributed by atoms with Gasteiger partial charge in [-0.2, -0.15) is 20.6 Å². The monoisotopic (exact) mass is 1050 g/mol. The van der Waals surface area contributed by atoms with E-state index in [1.807, 2.05) is 97.1 Å². The molecule has 0 atom stereocenters. The van der Waals surface area contributed by atoms with E-state index < -0.39 is 43.2 Å². The second kappa shape index (κ2) is 18.4. The molecule has 11 heteroatoms. The van der Waals surface area contributed by atoms with E-state index in [2.05, 4.69) is 50.9 Å². The van der Waals surface area contributed by atoms with Crippen LogP contribution in [0.25, 0.3) is 0 Å². The molecule has 0 N–H and O–H groups in total. The van der Waals surface area contributed by atoms with Crippen molar-refractivity contribution in [2.24, 2.45) is 0 Å². The van der Waals surface area contributed by atoms with Crippen molar-refractivity contribution in [3.8, 4) is 0 Å². The largest absolute Gasteiger partial charge is 0.199 e. The fourth-order valence-electron chi connectivity index (χ4n) is 4.18. The van der Waals surface area contributed by atoms with Crippen LogP contribution in [0.1, 0.15) is 6.92 Å². The van der Waals surface area contributed by atoms with Crippen molar-refractivity contribution >= 4 is 41.3 Å². The minimum absolute atomic E-state index is 0. The average molecular weight is 1050 g/mol. The quantitative estimate of drug-likeness (QED) is 0.0441. The van der Waals surface area contributed by atoms with Crippen LogP contribution in [-0.2, 0) is 54.1 Å². The van der Waals surface area contributed by atoms with Crippen LogP contribution in [0.15, 0.2) is 121 Å². The molecule has 0 amide bonds. The maximum absolute atomic E-state index is 12.0. The zero-order valence-electron chi connectivity index (χ0n) is 25.1. The van der Waals surface area contributed by atoms with Crippen molar-refractivity contribution in [1.82, 2.24) is 0 Å². The van der Waals surface area contributed by atoms with Crippen LogP contribution < -0.4 is 21.2 Å². The van der Waals surface area contributed by atoms with Gasteiger partial charge in [0.2, 0.25) is 0 Å². The minimum atomic E-state index is -3.40. The number of hydrogen-bond donors (Lipinski definition) is 0. The molecule has 0 heterocycles. The van der Waals surface area contributed by atoms with Crippen molar-refractivity contribution in [3.63, 3.8) is 0 Å². The summed E-state index contributed by atoms with van der Waals surface area (Å²) in [7, 11) is -1.65. The van der Waals surface area contributed by atoms with Gasteiger partial charge in [-0.1, -0.05) is 36.4 Å². The summed E-state index contributed by atoms with van der Waals surface area (Å²) in [6.45, 7) is 15.1. The summed E-state index contributed by atoms with van der Waals surface area (Å²) in [5, 5.41) is 4.21. The Balaban J connectivity index is 0.000000357. The molecule has 0 aliphatic carbocycles. The van der Waals surface area contributed by atoms with Crippen LogP contribution >= 0.6 is 14.1 Å². The van der Waals surface area contributed by atoms with Gasteiger partial charge in [0.1, 0.15) is 0 Å². The summed E-state index contributed by atoms with van der Waals surface area (Å²) < 4.78 is 65.5. The number of hydrogen-bond acceptors (Lipinski definition) is 2. The molecule has 0 aliphatic rings.